The molecular formula is C18H34N6O3. The lowest BCUT2D eigenvalue weighted by molar-refractivity contribution is 0.0347. The Morgan fingerprint density at radius 3 is 2.96 bits per heavy atom. The van der Waals surface area contributed by atoms with Crippen LogP contribution in [0.25, 0.3) is 0 Å². The van der Waals surface area contributed by atoms with E-state index in [0.717, 1.165) is 56.8 Å². The van der Waals surface area contributed by atoms with Crippen LogP contribution in [0.4, 0.5) is 0 Å². The van der Waals surface area contributed by atoms with Crippen LogP contribution in [0.5, 0.6) is 0 Å². The summed E-state index contributed by atoms with van der Waals surface area (Å²) in [5, 5.41) is 15.0. The normalized spacial score (nSPS) is 18.7. The zero-order chi connectivity index (χ0) is 19.5. The van der Waals surface area contributed by atoms with Gasteiger partial charge in [-0.2, -0.15) is 0 Å². The fourth-order valence-electron chi connectivity index (χ4n) is 2.62. The minimum atomic E-state index is 0.130. The zero-order valence-corrected chi connectivity index (χ0v) is 17.0. The molecule has 27 heavy (non-hydrogen) atoms. The molecule has 0 amide bonds. The summed E-state index contributed by atoms with van der Waals surface area (Å²) in [6, 6.07) is 0.130. The van der Waals surface area contributed by atoms with Gasteiger partial charge >= 0.3 is 0 Å². The Morgan fingerprint density at radius 1 is 1.44 bits per heavy atom. The first-order chi connectivity index (χ1) is 13.1. The summed E-state index contributed by atoms with van der Waals surface area (Å²) in [6.45, 7) is 10.8. The lowest BCUT2D eigenvalue weighted by Gasteiger charge is -2.20. The van der Waals surface area contributed by atoms with Gasteiger partial charge in [0.1, 0.15) is 12.4 Å². The van der Waals surface area contributed by atoms with Crippen LogP contribution in [0.1, 0.15) is 38.3 Å². The first kappa shape index (κ1) is 21.6. The predicted molar refractivity (Wildman–Crippen MR) is 104 cm³/mol. The summed E-state index contributed by atoms with van der Waals surface area (Å²) in [7, 11) is 1.95. The number of aryl methyl sites for hydroxylation is 1. The molecule has 0 saturated carbocycles. The summed E-state index contributed by atoms with van der Waals surface area (Å²) < 4.78 is 18.6. The van der Waals surface area contributed by atoms with E-state index in [1.807, 2.05) is 25.5 Å². The standard InChI is InChI=1S/C18H34N6O3/c1-5-25-9-6-8-19-18(20-11-17-23-22-15(3)24(17)4)21-14(2)12-27-16-7-10-26-13-16/h14,16H,5-13H2,1-4H3,(H2,19,20,21). The molecule has 0 aromatic carbocycles. The molecule has 1 saturated heterocycles. The van der Waals surface area contributed by atoms with E-state index in [1.54, 1.807) is 0 Å². The van der Waals surface area contributed by atoms with Gasteiger partial charge in [-0.1, -0.05) is 0 Å². The molecule has 154 valence electrons. The van der Waals surface area contributed by atoms with E-state index < -0.39 is 0 Å². The highest BCUT2D eigenvalue weighted by molar-refractivity contribution is 5.80. The van der Waals surface area contributed by atoms with Gasteiger partial charge in [0.25, 0.3) is 0 Å². The van der Waals surface area contributed by atoms with Crippen molar-refractivity contribution in [3.8, 4) is 0 Å². The second-order valence-electron chi connectivity index (χ2n) is 6.73. The van der Waals surface area contributed by atoms with Crippen molar-refractivity contribution >= 4 is 5.96 Å². The van der Waals surface area contributed by atoms with Crippen LogP contribution < -0.4 is 10.6 Å². The first-order valence-electron chi connectivity index (χ1n) is 9.77. The average molecular weight is 383 g/mol. The van der Waals surface area contributed by atoms with Crippen LogP contribution in [0.15, 0.2) is 4.99 Å². The number of rotatable bonds is 11. The third-order valence-corrected chi connectivity index (χ3v) is 4.38. The maximum absolute atomic E-state index is 5.89. The minimum Gasteiger partial charge on any atom is -0.382 e. The molecule has 2 heterocycles. The van der Waals surface area contributed by atoms with E-state index in [-0.39, 0.29) is 12.1 Å². The minimum absolute atomic E-state index is 0.130. The molecule has 9 heteroatoms. The summed E-state index contributed by atoms with van der Waals surface area (Å²) >= 11 is 0. The van der Waals surface area contributed by atoms with Crippen LogP contribution in [-0.2, 0) is 27.8 Å². The van der Waals surface area contributed by atoms with Crippen molar-refractivity contribution < 1.29 is 14.2 Å². The third kappa shape index (κ3) is 7.82. The van der Waals surface area contributed by atoms with Gasteiger partial charge in [-0.25, -0.2) is 4.99 Å². The Labute approximate surface area is 161 Å². The van der Waals surface area contributed by atoms with E-state index in [9.17, 15) is 0 Å². The number of nitrogens with zero attached hydrogens (tertiary/aromatic N) is 4. The van der Waals surface area contributed by atoms with Gasteiger partial charge in [0.05, 0.1) is 19.3 Å². The fourth-order valence-corrected chi connectivity index (χ4v) is 2.62. The van der Waals surface area contributed by atoms with Crippen molar-refractivity contribution in [2.24, 2.45) is 12.0 Å². The predicted octanol–water partition coefficient (Wildman–Crippen LogP) is 0.779. The summed E-state index contributed by atoms with van der Waals surface area (Å²) in [4.78, 5) is 4.66. The molecule has 1 aliphatic rings. The Bertz CT molecular complexity index is 571. The van der Waals surface area contributed by atoms with Crippen molar-refractivity contribution in [3.63, 3.8) is 0 Å². The second-order valence-corrected chi connectivity index (χ2v) is 6.73. The summed E-state index contributed by atoms with van der Waals surface area (Å²) in [5.41, 5.74) is 0. The van der Waals surface area contributed by atoms with Gasteiger partial charge < -0.3 is 29.4 Å². The topological polar surface area (TPSA) is 94.8 Å². The van der Waals surface area contributed by atoms with Gasteiger partial charge in [-0.3, -0.25) is 0 Å². The maximum Gasteiger partial charge on any atom is 0.191 e. The number of guanidine groups is 1. The van der Waals surface area contributed by atoms with E-state index in [0.29, 0.717) is 19.8 Å². The smallest absolute Gasteiger partial charge is 0.191 e. The van der Waals surface area contributed by atoms with Crippen molar-refractivity contribution in [2.75, 3.05) is 39.6 Å². The molecule has 9 nitrogen and oxygen atoms in total. The molecule has 0 radical (unpaired) electrons. The number of hydrogen-bond donors (Lipinski definition) is 2. The molecular weight excluding hydrogens is 348 g/mol. The van der Waals surface area contributed by atoms with Gasteiger partial charge in [-0.05, 0) is 33.6 Å². The van der Waals surface area contributed by atoms with E-state index in [1.165, 1.54) is 0 Å². The molecule has 2 atom stereocenters. The van der Waals surface area contributed by atoms with Gasteiger partial charge in [0.2, 0.25) is 0 Å². The van der Waals surface area contributed by atoms with E-state index >= 15 is 0 Å². The Balaban J connectivity index is 1.84. The highest BCUT2D eigenvalue weighted by atomic mass is 16.5. The van der Waals surface area contributed by atoms with E-state index in [4.69, 9.17) is 14.2 Å². The number of nitrogens with one attached hydrogen (secondary N) is 2. The van der Waals surface area contributed by atoms with E-state index in [2.05, 4.69) is 32.7 Å². The highest BCUT2D eigenvalue weighted by Crippen LogP contribution is 2.08. The van der Waals surface area contributed by atoms with Gasteiger partial charge in [0, 0.05) is 39.5 Å². The molecule has 2 rings (SSSR count). The molecule has 1 fully saturated rings. The Morgan fingerprint density at radius 2 is 2.30 bits per heavy atom. The molecule has 1 aromatic heterocycles. The summed E-state index contributed by atoms with van der Waals surface area (Å²) in [6.07, 6.45) is 2.09. The number of ether oxygens (including phenoxy) is 3. The first-order valence-corrected chi connectivity index (χ1v) is 9.77. The van der Waals surface area contributed by atoms with Crippen LogP contribution in [0.3, 0.4) is 0 Å². The SMILES string of the molecule is CCOCCCNC(=NCc1nnc(C)n1C)NC(C)COC1CCOC1. The van der Waals surface area contributed by atoms with Crippen LogP contribution >= 0.6 is 0 Å². The maximum atomic E-state index is 5.89. The highest BCUT2D eigenvalue weighted by Gasteiger charge is 2.17. The lowest BCUT2D eigenvalue weighted by atomic mass is 10.3. The third-order valence-electron chi connectivity index (χ3n) is 4.38. The van der Waals surface area contributed by atoms with Crippen LogP contribution in [-0.4, -0.2) is 72.4 Å². The number of aromatic nitrogens is 3. The monoisotopic (exact) mass is 382 g/mol. The second kappa shape index (κ2) is 11.9. The molecule has 1 aromatic rings. The van der Waals surface area contributed by atoms with Gasteiger partial charge in [0.15, 0.2) is 11.8 Å². The zero-order valence-electron chi connectivity index (χ0n) is 17.0. The Kier molecular flexibility index (Phi) is 9.51. The molecule has 0 spiro atoms. The quantitative estimate of drug-likeness (QED) is 0.332. The van der Waals surface area contributed by atoms with Crippen LogP contribution in [0.2, 0.25) is 0 Å². The van der Waals surface area contributed by atoms with Crippen molar-refractivity contribution in [1.29, 1.82) is 0 Å². The number of hydrogen-bond acceptors (Lipinski definition) is 6. The molecule has 1 aliphatic heterocycles. The van der Waals surface area contributed by atoms with Crippen molar-refractivity contribution in [2.45, 2.75) is 52.3 Å². The van der Waals surface area contributed by atoms with Gasteiger partial charge in [-0.15, -0.1) is 10.2 Å². The fraction of sp³-hybridized carbons (Fsp3) is 0.833. The lowest BCUT2D eigenvalue weighted by Crippen LogP contribution is -2.45. The van der Waals surface area contributed by atoms with Crippen molar-refractivity contribution in [1.82, 2.24) is 25.4 Å². The molecule has 0 aliphatic carbocycles. The molecule has 2 unspecified atom stereocenters. The largest absolute Gasteiger partial charge is 0.382 e. The number of aliphatic imine (C=N–C) groups is 1. The van der Waals surface area contributed by atoms with Crippen LogP contribution in [0, 0.1) is 6.92 Å². The summed E-state index contributed by atoms with van der Waals surface area (Å²) in [5.74, 6) is 2.45. The molecule has 2 N–H and O–H groups in total. The average Bonchev–Trinajstić information content (AvgIpc) is 3.29. The Hall–Kier alpha value is -1.71. The molecule has 0 bridgehead atoms. The van der Waals surface area contributed by atoms with Crippen molar-refractivity contribution in [3.05, 3.63) is 11.6 Å².